The molecular formula is C26H29FN2O3S. The molecule has 4 rings (SSSR count). The van der Waals surface area contributed by atoms with Gasteiger partial charge in [0.2, 0.25) is 0 Å². The first-order valence-electron chi connectivity index (χ1n) is 11.4. The molecule has 5 nitrogen and oxygen atoms in total. The molecule has 1 saturated heterocycles. The fourth-order valence-electron chi connectivity index (χ4n) is 4.59. The Morgan fingerprint density at radius 3 is 2.52 bits per heavy atom. The minimum absolute atomic E-state index is 0.0322. The van der Waals surface area contributed by atoms with E-state index in [9.17, 15) is 14.0 Å². The van der Waals surface area contributed by atoms with Gasteiger partial charge in [-0.3, -0.25) is 9.59 Å². The molecular weight excluding hydrogens is 439 g/mol. The van der Waals surface area contributed by atoms with Crippen LogP contribution in [0.3, 0.4) is 0 Å². The van der Waals surface area contributed by atoms with Gasteiger partial charge in [0.25, 0.3) is 11.8 Å². The third-order valence-electron chi connectivity index (χ3n) is 6.18. The second-order valence-corrected chi connectivity index (χ2v) is 9.40. The fraction of sp³-hybridized carbons (Fsp3) is 0.385. The molecule has 0 radical (unpaired) electrons. The molecule has 0 saturated carbocycles. The van der Waals surface area contributed by atoms with Crippen molar-refractivity contribution in [2.75, 3.05) is 26.7 Å². The smallest absolute Gasteiger partial charge is 0.264 e. The minimum Gasteiger partial charge on any atom is -0.380 e. The molecule has 1 aromatic heterocycles. The first-order valence-corrected chi connectivity index (χ1v) is 12.2. The molecule has 0 aliphatic carbocycles. The van der Waals surface area contributed by atoms with Crippen molar-refractivity contribution in [3.63, 3.8) is 0 Å². The molecule has 1 fully saturated rings. The van der Waals surface area contributed by atoms with Crippen molar-refractivity contribution in [2.45, 2.75) is 38.8 Å². The Hall–Kier alpha value is -2.77. The summed E-state index contributed by atoms with van der Waals surface area (Å²) < 4.78 is 20.7. The highest BCUT2D eigenvalue weighted by Crippen LogP contribution is 2.35. The lowest BCUT2D eigenvalue weighted by molar-refractivity contribution is 0.0520. The maximum atomic E-state index is 14.6. The summed E-state index contributed by atoms with van der Waals surface area (Å²) in [5.74, 6) is -0.369. The highest BCUT2D eigenvalue weighted by Gasteiger charge is 2.32. The first kappa shape index (κ1) is 23.4. The van der Waals surface area contributed by atoms with Crippen molar-refractivity contribution in [1.29, 1.82) is 0 Å². The van der Waals surface area contributed by atoms with Gasteiger partial charge in [-0.25, -0.2) is 4.39 Å². The van der Waals surface area contributed by atoms with E-state index in [4.69, 9.17) is 4.74 Å². The minimum atomic E-state index is -0.329. The van der Waals surface area contributed by atoms with E-state index in [-0.39, 0.29) is 30.3 Å². The van der Waals surface area contributed by atoms with E-state index < -0.39 is 0 Å². The van der Waals surface area contributed by atoms with Crippen LogP contribution in [0.25, 0.3) is 10.1 Å². The molecule has 0 bridgehead atoms. The van der Waals surface area contributed by atoms with Crippen molar-refractivity contribution < 1.29 is 18.7 Å². The van der Waals surface area contributed by atoms with Gasteiger partial charge in [-0.2, -0.15) is 0 Å². The Bertz CT molecular complexity index is 1120. The van der Waals surface area contributed by atoms with Crippen LogP contribution in [-0.2, 0) is 11.3 Å². The summed E-state index contributed by atoms with van der Waals surface area (Å²) in [5, 5.41) is 0.479. The summed E-state index contributed by atoms with van der Waals surface area (Å²) in [6.45, 7) is 4.08. The number of fused-ring (bicyclic) bond motifs is 1. The van der Waals surface area contributed by atoms with E-state index >= 15 is 0 Å². The van der Waals surface area contributed by atoms with Crippen LogP contribution in [0.5, 0.6) is 0 Å². The Balaban J connectivity index is 1.55. The lowest BCUT2D eigenvalue weighted by atomic mass is 10.0. The highest BCUT2D eigenvalue weighted by molar-refractivity contribution is 7.21. The van der Waals surface area contributed by atoms with Crippen molar-refractivity contribution in [1.82, 2.24) is 9.80 Å². The Kier molecular flexibility index (Phi) is 7.40. The Morgan fingerprint density at radius 1 is 1.12 bits per heavy atom. The van der Waals surface area contributed by atoms with E-state index in [0.29, 0.717) is 41.0 Å². The van der Waals surface area contributed by atoms with Gasteiger partial charge in [-0.05, 0) is 43.5 Å². The highest BCUT2D eigenvalue weighted by atomic mass is 32.1. The number of hydrogen-bond acceptors (Lipinski definition) is 4. The maximum Gasteiger partial charge on any atom is 0.264 e. The number of thiophene rings is 1. The van der Waals surface area contributed by atoms with Crippen LogP contribution in [-0.4, -0.2) is 54.4 Å². The van der Waals surface area contributed by atoms with Crippen molar-refractivity contribution in [2.24, 2.45) is 0 Å². The molecule has 0 atom stereocenters. The normalized spacial score (nSPS) is 14.6. The molecule has 33 heavy (non-hydrogen) atoms. The van der Waals surface area contributed by atoms with Crippen molar-refractivity contribution in [3.05, 3.63) is 70.4 Å². The number of methoxy groups -OCH3 is 1. The van der Waals surface area contributed by atoms with Crippen LogP contribution in [0.1, 0.15) is 51.8 Å². The Morgan fingerprint density at radius 2 is 1.85 bits per heavy atom. The molecule has 0 unspecified atom stereocenters. The molecule has 1 aliphatic heterocycles. The maximum absolute atomic E-state index is 14.6. The molecule has 0 spiro atoms. The number of ether oxygens (including phenoxy) is 1. The number of carbonyl (C=O) groups is 2. The number of benzene rings is 2. The van der Waals surface area contributed by atoms with Gasteiger partial charge in [0.1, 0.15) is 5.82 Å². The van der Waals surface area contributed by atoms with Gasteiger partial charge < -0.3 is 14.5 Å². The molecule has 2 heterocycles. The standard InChI is InChI=1S/C26H29FN2O3S/c1-3-14-29(19-12-15-28(16-13-19)25(30)18-8-5-4-6-9-18)26(31)24-20(17-32-2)23-21(27)10-7-11-22(23)33-24/h4-11,19H,3,12-17H2,1-2H3. The molecule has 2 aromatic carbocycles. The summed E-state index contributed by atoms with van der Waals surface area (Å²) in [7, 11) is 1.56. The summed E-state index contributed by atoms with van der Waals surface area (Å²) in [4.78, 5) is 30.9. The first-order chi connectivity index (χ1) is 16.0. The SMILES string of the molecule is CCCN(C(=O)c1sc2cccc(F)c2c1COC)C1CCN(C(=O)c2ccccc2)CC1. The van der Waals surface area contributed by atoms with E-state index in [1.807, 2.05) is 46.2 Å². The number of likely N-dealkylation sites (tertiary alicyclic amines) is 1. The molecule has 0 N–H and O–H groups in total. The summed E-state index contributed by atoms with van der Waals surface area (Å²) in [5.41, 5.74) is 1.31. The number of amides is 2. The summed E-state index contributed by atoms with van der Waals surface area (Å²) in [6.07, 6.45) is 2.28. The molecule has 2 amide bonds. The van der Waals surface area contributed by atoms with Crippen LogP contribution in [0.4, 0.5) is 4.39 Å². The zero-order valence-corrected chi connectivity index (χ0v) is 19.9. The lowest BCUT2D eigenvalue weighted by Gasteiger charge is -2.38. The zero-order valence-electron chi connectivity index (χ0n) is 19.1. The van der Waals surface area contributed by atoms with Crippen LogP contribution >= 0.6 is 11.3 Å². The number of hydrogen-bond donors (Lipinski definition) is 0. The van der Waals surface area contributed by atoms with Crippen LogP contribution in [0.15, 0.2) is 48.5 Å². The Labute approximate surface area is 197 Å². The average molecular weight is 469 g/mol. The van der Waals surface area contributed by atoms with Crippen LogP contribution < -0.4 is 0 Å². The topological polar surface area (TPSA) is 49.9 Å². The van der Waals surface area contributed by atoms with Crippen molar-refractivity contribution >= 4 is 33.2 Å². The van der Waals surface area contributed by atoms with E-state index in [0.717, 1.165) is 24.0 Å². The fourth-order valence-corrected chi connectivity index (χ4v) is 5.77. The van der Waals surface area contributed by atoms with E-state index in [1.54, 1.807) is 13.2 Å². The third-order valence-corrected chi connectivity index (χ3v) is 7.37. The van der Waals surface area contributed by atoms with Gasteiger partial charge in [-0.1, -0.05) is 31.2 Å². The predicted molar refractivity (Wildman–Crippen MR) is 129 cm³/mol. The van der Waals surface area contributed by atoms with Gasteiger partial charge in [-0.15, -0.1) is 11.3 Å². The van der Waals surface area contributed by atoms with E-state index in [2.05, 4.69) is 6.92 Å². The van der Waals surface area contributed by atoms with Gasteiger partial charge in [0, 0.05) is 54.0 Å². The molecule has 7 heteroatoms. The molecule has 1 aliphatic rings. The second kappa shape index (κ2) is 10.4. The van der Waals surface area contributed by atoms with Crippen molar-refractivity contribution in [3.8, 4) is 0 Å². The van der Waals surface area contributed by atoms with Crippen LogP contribution in [0, 0.1) is 5.82 Å². The lowest BCUT2D eigenvalue weighted by Crippen LogP contribution is -2.49. The number of carbonyl (C=O) groups excluding carboxylic acids is 2. The molecule has 174 valence electrons. The van der Waals surface area contributed by atoms with Crippen LogP contribution in [0.2, 0.25) is 0 Å². The number of halogens is 1. The predicted octanol–water partition coefficient (Wildman–Crippen LogP) is 5.34. The summed E-state index contributed by atoms with van der Waals surface area (Å²) >= 11 is 1.33. The number of nitrogens with zero attached hydrogens (tertiary/aromatic N) is 2. The average Bonchev–Trinajstić information content (AvgIpc) is 3.22. The number of piperidine rings is 1. The third kappa shape index (κ3) is 4.80. The second-order valence-electron chi connectivity index (χ2n) is 8.34. The van der Waals surface area contributed by atoms with Gasteiger partial charge in [0.15, 0.2) is 0 Å². The quantitative estimate of drug-likeness (QED) is 0.470. The monoisotopic (exact) mass is 468 g/mol. The molecule has 3 aromatic rings. The largest absolute Gasteiger partial charge is 0.380 e. The summed E-state index contributed by atoms with van der Waals surface area (Å²) in [6, 6.07) is 14.3. The van der Waals surface area contributed by atoms with Gasteiger partial charge >= 0.3 is 0 Å². The van der Waals surface area contributed by atoms with E-state index in [1.165, 1.54) is 17.4 Å². The number of rotatable bonds is 7. The zero-order chi connectivity index (χ0) is 23.4. The van der Waals surface area contributed by atoms with Gasteiger partial charge in [0.05, 0.1) is 11.5 Å².